The highest BCUT2D eigenvalue weighted by atomic mass is 15.4. The van der Waals surface area contributed by atoms with Crippen LogP contribution in [0.15, 0.2) is 60.9 Å². The minimum atomic E-state index is 0.763. The molecule has 1 atom stereocenters. The van der Waals surface area contributed by atoms with E-state index in [0.717, 1.165) is 29.4 Å². The van der Waals surface area contributed by atoms with Gasteiger partial charge in [0.1, 0.15) is 6.20 Å². The molecule has 0 saturated carbocycles. The fraction of sp³-hybridized carbons (Fsp3) is 0.222. The SMILES string of the molecule is CN(C)/C=C\[NH+](C)CNNc1ccc(Nc2ccc(N)cc2)cc1. The first kappa shape index (κ1) is 17.7. The normalized spacial score (nSPS) is 12.1. The Labute approximate surface area is 143 Å². The van der Waals surface area contributed by atoms with Gasteiger partial charge in [-0.1, -0.05) is 0 Å². The summed E-state index contributed by atoms with van der Waals surface area (Å²) < 4.78 is 0. The summed E-state index contributed by atoms with van der Waals surface area (Å²) in [7, 11) is 6.11. The molecule has 24 heavy (non-hydrogen) atoms. The van der Waals surface area contributed by atoms with Crippen LogP contribution < -0.4 is 26.8 Å². The van der Waals surface area contributed by atoms with Crippen molar-refractivity contribution in [2.24, 2.45) is 0 Å². The van der Waals surface area contributed by atoms with E-state index in [1.165, 1.54) is 4.90 Å². The lowest BCUT2D eigenvalue weighted by Gasteiger charge is -2.13. The number of hydrogen-bond acceptors (Lipinski definition) is 5. The Morgan fingerprint density at radius 1 is 0.958 bits per heavy atom. The molecular weight excluding hydrogens is 300 g/mol. The predicted molar refractivity (Wildman–Crippen MR) is 102 cm³/mol. The summed E-state index contributed by atoms with van der Waals surface area (Å²) in [5.41, 5.74) is 15.9. The third kappa shape index (κ3) is 6.20. The van der Waals surface area contributed by atoms with E-state index in [-0.39, 0.29) is 0 Å². The minimum absolute atomic E-state index is 0.763. The molecular formula is C18H27N6+. The Morgan fingerprint density at radius 3 is 2.08 bits per heavy atom. The zero-order valence-electron chi connectivity index (χ0n) is 14.5. The lowest BCUT2D eigenvalue weighted by molar-refractivity contribution is -0.827. The topological polar surface area (TPSA) is 69.8 Å². The summed E-state index contributed by atoms with van der Waals surface area (Å²) in [6.07, 6.45) is 4.13. The van der Waals surface area contributed by atoms with Crippen LogP contribution in [0.4, 0.5) is 22.7 Å². The van der Waals surface area contributed by atoms with E-state index in [1.54, 1.807) is 0 Å². The van der Waals surface area contributed by atoms with Gasteiger partial charge >= 0.3 is 0 Å². The number of hydrogen-bond donors (Lipinski definition) is 5. The fourth-order valence-electron chi connectivity index (χ4n) is 1.99. The van der Waals surface area contributed by atoms with Crippen LogP contribution in [0.5, 0.6) is 0 Å². The maximum absolute atomic E-state index is 5.69. The van der Waals surface area contributed by atoms with Crippen molar-refractivity contribution in [3.63, 3.8) is 0 Å². The van der Waals surface area contributed by atoms with Crippen molar-refractivity contribution in [1.29, 1.82) is 0 Å². The number of anilines is 4. The van der Waals surface area contributed by atoms with Crippen molar-refractivity contribution in [2.75, 3.05) is 44.3 Å². The molecule has 0 bridgehead atoms. The fourth-order valence-corrected chi connectivity index (χ4v) is 1.99. The van der Waals surface area contributed by atoms with Gasteiger partial charge < -0.3 is 21.4 Å². The molecule has 1 unspecified atom stereocenters. The zero-order valence-corrected chi connectivity index (χ0v) is 14.5. The number of nitrogens with zero attached hydrogens (tertiary/aromatic N) is 1. The molecule has 2 aromatic rings. The van der Waals surface area contributed by atoms with Crippen LogP contribution in [-0.4, -0.2) is 32.7 Å². The summed E-state index contributed by atoms with van der Waals surface area (Å²) in [4.78, 5) is 3.27. The van der Waals surface area contributed by atoms with Gasteiger partial charge in [-0.2, -0.15) is 5.43 Å². The van der Waals surface area contributed by atoms with Crippen LogP contribution in [0.2, 0.25) is 0 Å². The molecule has 0 aromatic heterocycles. The maximum atomic E-state index is 5.69. The van der Waals surface area contributed by atoms with E-state index in [4.69, 9.17) is 5.73 Å². The number of hydrazine groups is 1. The van der Waals surface area contributed by atoms with E-state index < -0.39 is 0 Å². The van der Waals surface area contributed by atoms with Crippen molar-refractivity contribution in [1.82, 2.24) is 10.3 Å². The highest BCUT2D eigenvalue weighted by molar-refractivity contribution is 5.63. The Hall–Kier alpha value is -2.70. The van der Waals surface area contributed by atoms with Gasteiger partial charge in [0, 0.05) is 36.8 Å². The summed E-state index contributed by atoms with van der Waals surface area (Å²) in [5, 5.41) is 3.34. The molecule has 0 aliphatic carbocycles. The van der Waals surface area contributed by atoms with E-state index in [9.17, 15) is 0 Å². The van der Waals surface area contributed by atoms with Gasteiger partial charge in [0.2, 0.25) is 0 Å². The average Bonchev–Trinajstić information content (AvgIpc) is 2.57. The molecule has 6 heteroatoms. The highest BCUT2D eigenvalue weighted by Gasteiger charge is 1.98. The van der Waals surface area contributed by atoms with E-state index in [1.807, 2.05) is 73.7 Å². The van der Waals surface area contributed by atoms with Crippen molar-refractivity contribution in [3.05, 3.63) is 60.9 Å². The first-order valence-corrected chi connectivity index (χ1v) is 7.91. The monoisotopic (exact) mass is 327 g/mol. The van der Waals surface area contributed by atoms with Gasteiger partial charge in [-0.25, -0.2) is 0 Å². The minimum Gasteiger partial charge on any atom is -0.399 e. The lowest BCUT2D eigenvalue weighted by atomic mass is 10.2. The molecule has 0 saturated heterocycles. The van der Waals surface area contributed by atoms with Gasteiger partial charge in [-0.3, -0.25) is 4.90 Å². The zero-order chi connectivity index (χ0) is 17.4. The van der Waals surface area contributed by atoms with E-state index in [2.05, 4.69) is 29.4 Å². The largest absolute Gasteiger partial charge is 0.399 e. The molecule has 0 amide bonds. The van der Waals surface area contributed by atoms with E-state index >= 15 is 0 Å². The van der Waals surface area contributed by atoms with Crippen LogP contribution in [0.25, 0.3) is 0 Å². The first-order valence-electron chi connectivity index (χ1n) is 7.91. The van der Waals surface area contributed by atoms with Gasteiger partial charge in [0.05, 0.1) is 13.2 Å². The highest BCUT2D eigenvalue weighted by Crippen LogP contribution is 2.19. The molecule has 6 nitrogen and oxygen atoms in total. The molecule has 0 spiro atoms. The molecule has 6 N–H and O–H groups in total. The summed E-state index contributed by atoms with van der Waals surface area (Å²) in [6, 6.07) is 15.8. The number of quaternary nitrogens is 1. The Balaban J connectivity index is 1.78. The number of benzene rings is 2. The Morgan fingerprint density at radius 2 is 1.50 bits per heavy atom. The van der Waals surface area contributed by atoms with Crippen molar-refractivity contribution < 1.29 is 4.90 Å². The Kier molecular flexibility index (Phi) is 6.48. The van der Waals surface area contributed by atoms with Crippen LogP contribution in [0.1, 0.15) is 0 Å². The molecule has 2 rings (SSSR count). The van der Waals surface area contributed by atoms with E-state index in [0.29, 0.717) is 0 Å². The molecule has 0 heterocycles. The summed E-state index contributed by atoms with van der Waals surface area (Å²) in [6.45, 7) is 0.774. The molecule has 0 aliphatic rings. The van der Waals surface area contributed by atoms with Crippen LogP contribution in [0.3, 0.4) is 0 Å². The van der Waals surface area contributed by atoms with Gasteiger partial charge in [0.25, 0.3) is 0 Å². The van der Waals surface area contributed by atoms with Crippen LogP contribution in [-0.2, 0) is 0 Å². The quantitative estimate of drug-likeness (QED) is 0.288. The van der Waals surface area contributed by atoms with Gasteiger partial charge in [-0.05, 0) is 48.5 Å². The number of nitrogens with two attached hydrogens (primary N) is 1. The molecule has 0 fully saturated rings. The van der Waals surface area contributed by atoms with Crippen LogP contribution >= 0.6 is 0 Å². The molecule has 0 aliphatic heterocycles. The van der Waals surface area contributed by atoms with Gasteiger partial charge in [-0.15, -0.1) is 0 Å². The number of nitrogen functional groups attached to an aromatic ring is 1. The third-order valence-electron chi connectivity index (χ3n) is 3.34. The molecule has 128 valence electrons. The number of nitrogens with one attached hydrogen (secondary N) is 4. The second kappa shape index (κ2) is 8.81. The average molecular weight is 327 g/mol. The predicted octanol–water partition coefficient (Wildman–Crippen LogP) is 1.43. The first-order chi connectivity index (χ1) is 11.5. The lowest BCUT2D eigenvalue weighted by Crippen LogP contribution is -3.06. The van der Waals surface area contributed by atoms with Crippen LogP contribution in [0, 0.1) is 0 Å². The second-order valence-corrected chi connectivity index (χ2v) is 5.93. The van der Waals surface area contributed by atoms with Gasteiger partial charge in [0.15, 0.2) is 6.67 Å². The smallest absolute Gasteiger partial charge is 0.151 e. The molecule has 2 aromatic carbocycles. The summed E-state index contributed by atoms with van der Waals surface area (Å²) >= 11 is 0. The molecule has 0 radical (unpaired) electrons. The van der Waals surface area contributed by atoms with Crippen molar-refractivity contribution >= 4 is 22.7 Å². The Bertz CT molecular complexity index is 634. The maximum Gasteiger partial charge on any atom is 0.151 e. The van der Waals surface area contributed by atoms with Crippen molar-refractivity contribution in [2.45, 2.75) is 0 Å². The van der Waals surface area contributed by atoms with Crippen molar-refractivity contribution in [3.8, 4) is 0 Å². The third-order valence-corrected chi connectivity index (χ3v) is 3.34. The standard InChI is InChI=1S/C18H26N6/c1-23(2)12-13-24(3)14-20-22-18-10-8-17(9-11-18)21-16-6-4-15(19)5-7-16/h4-13,20-22H,14,19H2,1-3H3/p+1/b13-12-. The second-order valence-electron chi connectivity index (χ2n) is 5.93. The summed E-state index contributed by atoms with van der Waals surface area (Å²) in [5.74, 6) is 0. The number of rotatable bonds is 8.